The molecule has 2 aromatic heterocycles. The van der Waals surface area contributed by atoms with Crippen LogP contribution in [-0.2, 0) is 32.2 Å². The number of aryl methyl sites for hydroxylation is 2. The molecule has 9 nitrogen and oxygen atoms in total. The molecule has 1 aliphatic rings. The van der Waals surface area contributed by atoms with Gasteiger partial charge in [0, 0.05) is 41.3 Å². The molecule has 0 bridgehead atoms. The molecule has 0 aliphatic carbocycles. The van der Waals surface area contributed by atoms with E-state index in [1.165, 1.54) is 12.7 Å². The first-order chi connectivity index (χ1) is 19.0. The highest BCUT2D eigenvalue weighted by atomic mass is 17.3. The fourth-order valence-electron chi connectivity index (χ4n) is 4.50. The van der Waals surface area contributed by atoms with Crippen LogP contribution in [0.5, 0.6) is 5.75 Å². The van der Waals surface area contributed by atoms with Crippen LogP contribution in [0.3, 0.4) is 0 Å². The van der Waals surface area contributed by atoms with Gasteiger partial charge in [0.25, 0.3) is 0 Å². The summed E-state index contributed by atoms with van der Waals surface area (Å²) in [5, 5.41) is 10.5. The minimum Gasteiger partial charge on any atom is -0.493 e. The highest BCUT2D eigenvalue weighted by Gasteiger charge is 2.25. The summed E-state index contributed by atoms with van der Waals surface area (Å²) in [6.07, 6.45) is 2.90. The second-order valence-corrected chi connectivity index (χ2v) is 10.3. The number of hydrogen-bond acceptors (Lipinski definition) is 8. The van der Waals surface area contributed by atoms with E-state index >= 15 is 0 Å². The molecule has 0 saturated heterocycles. The van der Waals surface area contributed by atoms with E-state index in [-0.39, 0.29) is 12.4 Å². The lowest BCUT2D eigenvalue weighted by Crippen LogP contribution is -2.11. The molecule has 0 unspecified atom stereocenters. The Kier molecular flexibility index (Phi) is 10.5. The van der Waals surface area contributed by atoms with Crippen LogP contribution in [0.4, 0.5) is 0 Å². The van der Waals surface area contributed by atoms with Crippen molar-refractivity contribution in [3.05, 3.63) is 65.0 Å². The summed E-state index contributed by atoms with van der Waals surface area (Å²) < 4.78 is 17.2. The predicted molar refractivity (Wildman–Crippen MR) is 155 cm³/mol. The van der Waals surface area contributed by atoms with Gasteiger partial charge in [-0.1, -0.05) is 0 Å². The summed E-state index contributed by atoms with van der Waals surface area (Å²) >= 11 is 0. The number of nitrogens with zero attached hydrogens (tertiary/aromatic N) is 1. The van der Waals surface area contributed by atoms with Gasteiger partial charge in [-0.3, -0.25) is 9.78 Å². The number of fused-ring (bicyclic) bond motifs is 1. The molecular weight excluding hydrogens is 512 g/mol. The van der Waals surface area contributed by atoms with Gasteiger partial charge in [-0.05, 0) is 75.6 Å². The zero-order chi connectivity index (χ0) is 29.4. The van der Waals surface area contributed by atoms with E-state index in [4.69, 9.17) is 24.0 Å². The zero-order valence-electron chi connectivity index (χ0n) is 24.3. The fourth-order valence-corrected chi connectivity index (χ4v) is 4.50. The summed E-state index contributed by atoms with van der Waals surface area (Å²) in [5.74, 6) is 5.76. The molecule has 3 heterocycles. The van der Waals surface area contributed by atoms with Gasteiger partial charge in [-0.2, -0.15) is 5.90 Å². The molecule has 4 aromatic rings. The van der Waals surface area contributed by atoms with E-state index in [9.17, 15) is 4.79 Å². The average molecular weight is 552 g/mol. The van der Waals surface area contributed by atoms with Crippen LogP contribution in [0.15, 0.2) is 47.0 Å². The molecule has 3 N–H and O–H groups in total. The van der Waals surface area contributed by atoms with Crippen molar-refractivity contribution in [1.82, 2.24) is 4.98 Å². The van der Waals surface area contributed by atoms with E-state index in [2.05, 4.69) is 27.9 Å². The molecule has 0 radical (unpaired) electrons. The molecule has 1 aliphatic heterocycles. The van der Waals surface area contributed by atoms with E-state index in [0.717, 1.165) is 62.1 Å². The van der Waals surface area contributed by atoms with Gasteiger partial charge in [0.1, 0.15) is 5.75 Å². The van der Waals surface area contributed by atoms with Crippen LogP contribution in [0.1, 0.15) is 50.1 Å². The van der Waals surface area contributed by atoms with Gasteiger partial charge < -0.3 is 14.6 Å². The van der Waals surface area contributed by atoms with E-state index in [1.807, 2.05) is 51.2 Å². The van der Waals surface area contributed by atoms with Crippen LogP contribution in [0, 0.1) is 13.8 Å². The standard InChI is InChI=1S/C26H24NO4.C4H10O.CH5NO2/c1-4-29-23(28)14-20-15(2)13-22-18(6-5-16(3)31-22)25(20)19-7-8-21-24-17(10-12-30-21)9-11-27-26(19)24;1-4(2,3)5;1-3-4-2/h5-9,11,13H,4,10,12,14H2,1-3H3;5H,1-3H3;2H2,1H3/q+1;;. The Labute approximate surface area is 234 Å². The average Bonchev–Trinajstić information content (AvgIpc) is 2.89. The van der Waals surface area contributed by atoms with Crippen molar-refractivity contribution in [3.8, 4) is 16.9 Å². The molecule has 0 spiro atoms. The van der Waals surface area contributed by atoms with Gasteiger partial charge in [0.05, 0.1) is 50.2 Å². The predicted octanol–water partition coefficient (Wildman–Crippen LogP) is 5.80. The summed E-state index contributed by atoms with van der Waals surface area (Å²) in [6.45, 7) is 12.0. The van der Waals surface area contributed by atoms with E-state index in [0.29, 0.717) is 13.2 Å². The van der Waals surface area contributed by atoms with Crippen molar-refractivity contribution >= 4 is 27.8 Å². The molecule has 5 rings (SSSR count). The Morgan fingerprint density at radius 1 is 1.18 bits per heavy atom. The maximum absolute atomic E-state index is 12.5. The van der Waals surface area contributed by atoms with Crippen molar-refractivity contribution in [1.29, 1.82) is 0 Å². The molecule has 9 heteroatoms. The summed E-state index contributed by atoms with van der Waals surface area (Å²) in [7, 11) is 1.33. The highest BCUT2D eigenvalue weighted by Crippen LogP contribution is 2.42. The van der Waals surface area contributed by atoms with Crippen LogP contribution in [0.2, 0.25) is 0 Å². The molecular formula is C31H39N2O7+. The molecule has 214 valence electrons. The lowest BCUT2D eigenvalue weighted by Gasteiger charge is -2.21. The van der Waals surface area contributed by atoms with Crippen molar-refractivity contribution in [2.75, 3.05) is 20.3 Å². The normalized spacial score (nSPS) is 12.1. The topological polar surface area (TPSA) is 124 Å². The largest absolute Gasteiger partial charge is 0.493 e. The Morgan fingerprint density at radius 3 is 2.52 bits per heavy atom. The SMILES string of the molecule is CC(C)(C)O.CCOC(=O)Cc1c(C)cc2[o+]c(C)ccc2c1-c1ccc2c3c(ccnc13)CCO2.COON. The molecule has 0 atom stereocenters. The number of nitrogens with two attached hydrogens (primary N) is 1. The van der Waals surface area contributed by atoms with Crippen molar-refractivity contribution in [2.45, 2.75) is 60.0 Å². The zero-order valence-corrected chi connectivity index (χ0v) is 24.3. The maximum Gasteiger partial charge on any atom is 0.361 e. The number of ether oxygens (including phenoxy) is 2. The molecule has 0 fully saturated rings. The minimum atomic E-state index is -0.500. The number of aliphatic hydroxyl groups is 1. The van der Waals surface area contributed by atoms with Crippen LogP contribution >= 0.6 is 0 Å². The maximum atomic E-state index is 12.5. The van der Waals surface area contributed by atoms with Crippen molar-refractivity contribution in [2.24, 2.45) is 5.90 Å². The third-order valence-corrected chi connectivity index (χ3v) is 5.98. The third kappa shape index (κ3) is 7.73. The molecule has 0 saturated carbocycles. The number of benzene rings is 2. The van der Waals surface area contributed by atoms with Gasteiger partial charge >= 0.3 is 17.3 Å². The van der Waals surface area contributed by atoms with Crippen molar-refractivity contribution < 1.29 is 33.7 Å². The Morgan fingerprint density at radius 2 is 1.88 bits per heavy atom. The van der Waals surface area contributed by atoms with Crippen molar-refractivity contribution in [3.63, 3.8) is 0 Å². The lowest BCUT2D eigenvalue weighted by molar-refractivity contribution is -0.277. The smallest absolute Gasteiger partial charge is 0.361 e. The Bertz CT molecular complexity index is 1460. The summed E-state index contributed by atoms with van der Waals surface area (Å²) in [4.78, 5) is 24.6. The van der Waals surface area contributed by atoms with Crippen LogP contribution in [-0.4, -0.2) is 42.0 Å². The van der Waals surface area contributed by atoms with Crippen LogP contribution < -0.4 is 10.6 Å². The number of esters is 1. The second kappa shape index (κ2) is 13.6. The highest BCUT2D eigenvalue weighted by molar-refractivity contribution is 6.07. The van der Waals surface area contributed by atoms with E-state index in [1.54, 1.807) is 20.8 Å². The first-order valence-electron chi connectivity index (χ1n) is 13.2. The Balaban J connectivity index is 0.000000429. The van der Waals surface area contributed by atoms with Gasteiger partial charge in [-0.25, -0.2) is 9.30 Å². The summed E-state index contributed by atoms with van der Waals surface area (Å²) in [5.41, 5.74) is 6.26. The second-order valence-electron chi connectivity index (χ2n) is 10.3. The first kappa shape index (κ1) is 30.9. The molecule has 0 amide bonds. The minimum absolute atomic E-state index is 0.193. The third-order valence-electron chi connectivity index (χ3n) is 5.98. The molecule has 2 aromatic carbocycles. The molecule has 40 heavy (non-hydrogen) atoms. The number of carbonyl (C=O) groups is 1. The first-order valence-corrected chi connectivity index (χ1v) is 13.2. The van der Waals surface area contributed by atoms with E-state index < -0.39 is 5.60 Å². The quantitative estimate of drug-likeness (QED) is 0.137. The monoisotopic (exact) mass is 551 g/mol. The number of rotatable bonds is 5. The summed E-state index contributed by atoms with van der Waals surface area (Å²) in [6, 6.07) is 12.1. The van der Waals surface area contributed by atoms with Gasteiger partial charge in [-0.15, -0.1) is 4.99 Å². The number of carbonyl (C=O) groups excluding carboxylic acids is 1. The van der Waals surface area contributed by atoms with Crippen LogP contribution in [0.25, 0.3) is 33.0 Å². The lowest BCUT2D eigenvalue weighted by atomic mass is 9.88. The fraction of sp³-hybridized carbons (Fsp3) is 0.387. The van der Waals surface area contributed by atoms with Gasteiger partial charge in [0.15, 0.2) is 0 Å². The number of hydrogen-bond donors (Lipinski definition) is 2. The Hall–Kier alpha value is -3.63. The number of pyridine rings is 1. The number of aromatic nitrogens is 1. The van der Waals surface area contributed by atoms with Gasteiger partial charge in [0.2, 0.25) is 0 Å².